The Labute approximate surface area is 113 Å². The zero-order chi connectivity index (χ0) is 12.4. The molecule has 1 atom stereocenters. The fourth-order valence-corrected chi connectivity index (χ4v) is 3.06. The van der Waals surface area contributed by atoms with Crippen LogP contribution < -0.4 is 5.32 Å². The second-order valence-corrected chi connectivity index (χ2v) is 5.90. The van der Waals surface area contributed by atoms with Crippen LogP contribution in [-0.2, 0) is 6.54 Å². The highest BCUT2D eigenvalue weighted by Crippen LogP contribution is 2.34. The Hall–Kier alpha value is -0.620. The molecule has 0 bridgehead atoms. The van der Waals surface area contributed by atoms with Crippen molar-refractivity contribution in [3.63, 3.8) is 0 Å². The molecule has 1 unspecified atom stereocenters. The van der Waals surface area contributed by atoms with Gasteiger partial charge < -0.3 is 9.84 Å². The van der Waals surface area contributed by atoms with Crippen LogP contribution in [0.4, 0.5) is 0 Å². The summed E-state index contributed by atoms with van der Waals surface area (Å²) in [6.07, 6.45) is 0. The van der Waals surface area contributed by atoms with Crippen molar-refractivity contribution in [1.29, 1.82) is 0 Å². The molecule has 0 saturated carbocycles. The van der Waals surface area contributed by atoms with Crippen LogP contribution in [0.25, 0.3) is 0 Å². The van der Waals surface area contributed by atoms with E-state index in [4.69, 9.17) is 27.7 Å². The molecule has 0 aromatic carbocycles. The lowest BCUT2D eigenvalue weighted by atomic mass is 10.2. The standard InChI is InChI=1S/C10H11Cl2N3OS/c1-5(7-3-8(11)17-10(7)12)13-4-9-14-6(2)15-16-9/h3,5,13H,4H2,1-2H3. The highest BCUT2D eigenvalue weighted by atomic mass is 35.5. The van der Waals surface area contributed by atoms with E-state index < -0.39 is 0 Å². The molecule has 0 aliphatic rings. The molecule has 2 aromatic heterocycles. The summed E-state index contributed by atoms with van der Waals surface area (Å²) in [5.41, 5.74) is 0.984. The predicted molar refractivity (Wildman–Crippen MR) is 68.6 cm³/mol. The maximum absolute atomic E-state index is 6.07. The SMILES string of the molecule is Cc1noc(CNC(C)c2cc(Cl)sc2Cl)n1. The maximum atomic E-state index is 6.07. The molecule has 0 fully saturated rings. The first kappa shape index (κ1) is 12.8. The first-order chi connectivity index (χ1) is 8.06. The van der Waals surface area contributed by atoms with E-state index in [9.17, 15) is 0 Å². The third-order valence-electron chi connectivity index (χ3n) is 2.28. The zero-order valence-electron chi connectivity index (χ0n) is 9.33. The van der Waals surface area contributed by atoms with E-state index in [0.717, 1.165) is 5.56 Å². The summed E-state index contributed by atoms with van der Waals surface area (Å²) in [4.78, 5) is 4.11. The van der Waals surface area contributed by atoms with Crippen molar-refractivity contribution in [1.82, 2.24) is 15.5 Å². The Morgan fingerprint density at radius 3 is 2.82 bits per heavy atom. The monoisotopic (exact) mass is 291 g/mol. The molecule has 1 N–H and O–H groups in total. The quantitative estimate of drug-likeness (QED) is 0.935. The Balaban J connectivity index is 1.97. The van der Waals surface area contributed by atoms with Crippen molar-refractivity contribution in [2.75, 3.05) is 0 Å². The van der Waals surface area contributed by atoms with Crippen molar-refractivity contribution in [3.05, 3.63) is 32.0 Å². The minimum atomic E-state index is 0.0819. The molecule has 0 saturated heterocycles. The van der Waals surface area contributed by atoms with Crippen LogP contribution in [0.5, 0.6) is 0 Å². The van der Waals surface area contributed by atoms with E-state index >= 15 is 0 Å². The first-order valence-corrected chi connectivity index (χ1v) is 6.61. The van der Waals surface area contributed by atoms with Crippen molar-refractivity contribution in [2.45, 2.75) is 26.4 Å². The van der Waals surface area contributed by atoms with Crippen LogP contribution in [0, 0.1) is 6.92 Å². The summed E-state index contributed by atoms with van der Waals surface area (Å²) in [6, 6.07) is 1.95. The highest BCUT2D eigenvalue weighted by Gasteiger charge is 2.14. The number of halogens is 2. The van der Waals surface area contributed by atoms with Gasteiger partial charge >= 0.3 is 0 Å². The number of aromatic nitrogens is 2. The van der Waals surface area contributed by atoms with Crippen molar-refractivity contribution >= 4 is 34.5 Å². The molecule has 92 valence electrons. The van der Waals surface area contributed by atoms with Gasteiger partial charge in [0.15, 0.2) is 5.82 Å². The van der Waals surface area contributed by atoms with Crippen LogP contribution >= 0.6 is 34.5 Å². The fraction of sp³-hybridized carbons (Fsp3) is 0.400. The highest BCUT2D eigenvalue weighted by molar-refractivity contribution is 7.20. The molecular weight excluding hydrogens is 281 g/mol. The lowest BCUT2D eigenvalue weighted by molar-refractivity contribution is 0.357. The van der Waals surface area contributed by atoms with E-state index in [2.05, 4.69) is 15.5 Å². The summed E-state index contributed by atoms with van der Waals surface area (Å²) < 4.78 is 6.40. The summed E-state index contributed by atoms with van der Waals surface area (Å²) in [5, 5.41) is 6.97. The van der Waals surface area contributed by atoms with Gasteiger partial charge in [-0.1, -0.05) is 28.4 Å². The molecule has 17 heavy (non-hydrogen) atoms. The number of nitrogens with zero attached hydrogens (tertiary/aromatic N) is 2. The Morgan fingerprint density at radius 2 is 2.29 bits per heavy atom. The lowest BCUT2D eigenvalue weighted by Gasteiger charge is -2.10. The van der Waals surface area contributed by atoms with Crippen LogP contribution in [0.3, 0.4) is 0 Å². The van der Waals surface area contributed by atoms with Gasteiger partial charge in [-0.15, -0.1) is 11.3 Å². The van der Waals surface area contributed by atoms with E-state index in [1.165, 1.54) is 11.3 Å². The second-order valence-electron chi connectivity index (χ2n) is 3.62. The van der Waals surface area contributed by atoms with Gasteiger partial charge in [0.25, 0.3) is 0 Å². The van der Waals surface area contributed by atoms with Gasteiger partial charge in [-0.2, -0.15) is 4.98 Å². The third-order valence-corrected chi connectivity index (χ3v) is 3.80. The maximum Gasteiger partial charge on any atom is 0.240 e. The van der Waals surface area contributed by atoms with Crippen molar-refractivity contribution < 1.29 is 4.52 Å². The average Bonchev–Trinajstić information content (AvgIpc) is 2.81. The van der Waals surface area contributed by atoms with Crippen molar-refractivity contribution in [2.24, 2.45) is 0 Å². The van der Waals surface area contributed by atoms with E-state index in [1.54, 1.807) is 6.92 Å². The predicted octanol–water partition coefficient (Wildman–Crippen LogP) is 3.60. The van der Waals surface area contributed by atoms with Crippen LogP contribution in [0.15, 0.2) is 10.6 Å². The van der Waals surface area contributed by atoms with Gasteiger partial charge in [0.2, 0.25) is 5.89 Å². The van der Waals surface area contributed by atoms with E-state index in [1.807, 2.05) is 13.0 Å². The van der Waals surface area contributed by atoms with Crippen LogP contribution in [0.2, 0.25) is 8.67 Å². The molecule has 0 aliphatic heterocycles. The number of aryl methyl sites for hydroxylation is 1. The number of thiophene rings is 1. The number of hydrogen-bond donors (Lipinski definition) is 1. The Morgan fingerprint density at radius 1 is 1.53 bits per heavy atom. The summed E-state index contributed by atoms with van der Waals surface area (Å²) >= 11 is 13.3. The molecule has 0 aliphatic carbocycles. The molecule has 0 spiro atoms. The van der Waals surface area contributed by atoms with Gasteiger partial charge in [-0.25, -0.2) is 0 Å². The van der Waals surface area contributed by atoms with Gasteiger partial charge in [0, 0.05) is 6.04 Å². The van der Waals surface area contributed by atoms with E-state index in [0.29, 0.717) is 26.9 Å². The topological polar surface area (TPSA) is 51.0 Å². The fourth-order valence-electron chi connectivity index (χ4n) is 1.41. The van der Waals surface area contributed by atoms with Gasteiger partial charge in [-0.3, -0.25) is 0 Å². The van der Waals surface area contributed by atoms with Gasteiger partial charge in [0.05, 0.1) is 15.2 Å². The summed E-state index contributed by atoms with van der Waals surface area (Å²) in [5.74, 6) is 1.19. The largest absolute Gasteiger partial charge is 0.338 e. The normalized spacial score (nSPS) is 12.9. The van der Waals surface area contributed by atoms with Gasteiger partial charge in [-0.05, 0) is 25.5 Å². The molecule has 7 heteroatoms. The Kier molecular flexibility index (Phi) is 4.04. The minimum absolute atomic E-state index is 0.0819. The molecule has 2 heterocycles. The van der Waals surface area contributed by atoms with E-state index in [-0.39, 0.29) is 6.04 Å². The number of hydrogen-bond acceptors (Lipinski definition) is 5. The average molecular weight is 292 g/mol. The minimum Gasteiger partial charge on any atom is -0.338 e. The lowest BCUT2D eigenvalue weighted by Crippen LogP contribution is -2.18. The number of nitrogens with one attached hydrogen (secondary N) is 1. The van der Waals surface area contributed by atoms with Crippen molar-refractivity contribution in [3.8, 4) is 0 Å². The van der Waals surface area contributed by atoms with Crippen LogP contribution in [-0.4, -0.2) is 10.1 Å². The summed E-state index contributed by atoms with van der Waals surface area (Å²) in [7, 11) is 0. The van der Waals surface area contributed by atoms with Crippen LogP contribution in [0.1, 0.15) is 30.2 Å². The molecule has 0 radical (unpaired) electrons. The molecular formula is C10H11Cl2N3OS. The first-order valence-electron chi connectivity index (χ1n) is 5.03. The Bertz CT molecular complexity index is 511. The molecule has 0 amide bonds. The zero-order valence-corrected chi connectivity index (χ0v) is 11.7. The van der Waals surface area contributed by atoms with Gasteiger partial charge in [0.1, 0.15) is 0 Å². The summed E-state index contributed by atoms with van der Waals surface area (Å²) in [6.45, 7) is 4.30. The number of rotatable bonds is 4. The second kappa shape index (κ2) is 5.35. The smallest absolute Gasteiger partial charge is 0.240 e. The molecule has 2 aromatic rings. The third kappa shape index (κ3) is 3.19. The molecule has 2 rings (SSSR count). The molecule has 4 nitrogen and oxygen atoms in total.